The minimum Gasteiger partial charge on any atom is -0.477 e. The van der Waals surface area contributed by atoms with E-state index >= 15 is 0 Å². The van der Waals surface area contributed by atoms with Gasteiger partial charge in [-0.15, -0.1) is 0 Å². The monoisotopic (exact) mass is 246 g/mol. The molecule has 1 saturated carbocycles. The molecule has 0 aliphatic heterocycles. The van der Waals surface area contributed by atoms with E-state index in [0.717, 1.165) is 25.0 Å². The lowest BCUT2D eigenvalue weighted by molar-refractivity contribution is -0.137. The molecule has 1 aromatic rings. The second-order valence-corrected chi connectivity index (χ2v) is 4.08. The number of anilines is 1. The zero-order valence-corrected chi connectivity index (χ0v) is 9.34. The number of aromatic nitrogens is 1. The second kappa shape index (κ2) is 4.43. The molecule has 1 aliphatic carbocycles. The topological polar surface area (TPSA) is 34.1 Å². The molecule has 3 nitrogen and oxygen atoms in total. The number of rotatable bonds is 4. The van der Waals surface area contributed by atoms with E-state index in [1.165, 1.54) is 7.05 Å². The average molecular weight is 246 g/mol. The van der Waals surface area contributed by atoms with Crippen molar-refractivity contribution in [1.82, 2.24) is 4.98 Å². The molecule has 1 N–H and O–H groups in total. The third kappa shape index (κ3) is 3.25. The molecule has 6 heteroatoms. The highest BCUT2D eigenvalue weighted by atomic mass is 19.4. The van der Waals surface area contributed by atoms with Crippen LogP contribution in [0.25, 0.3) is 0 Å². The Labute approximate surface area is 97.0 Å². The van der Waals surface area contributed by atoms with E-state index in [-0.39, 0.29) is 11.7 Å². The SMILES string of the molecule is CNc1cc(C(F)(F)F)cc(OCC2CC2)n1. The number of hydrogen-bond donors (Lipinski definition) is 1. The molecule has 0 spiro atoms. The molecule has 0 atom stereocenters. The van der Waals surface area contributed by atoms with Crippen molar-refractivity contribution in [2.24, 2.45) is 5.92 Å². The van der Waals surface area contributed by atoms with Crippen LogP contribution in [-0.2, 0) is 6.18 Å². The van der Waals surface area contributed by atoms with Crippen LogP contribution in [0.4, 0.5) is 19.0 Å². The van der Waals surface area contributed by atoms with Crippen LogP contribution in [0, 0.1) is 5.92 Å². The predicted molar refractivity (Wildman–Crippen MR) is 57.0 cm³/mol. The zero-order chi connectivity index (χ0) is 12.5. The van der Waals surface area contributed by atoms with Gasteiger partial charge in [-0.1, -0.05) is 0 Å². The van der Waals surface area contributed by atoms with Crippen molar-refractivity contribution in [3.05, 3.63) is 17.7 Å². The molecule has 94 valence electrons. The van der Waals surface area contributed by atoms with Gasteiger partial charge in [0.05, 0.1) is 12.2 Å². The van der Waals surface area contributed by atoms with Gasteiger partial charge >= 0.3 is 6.18 Å². The number of ether oxygens (including phenoxy) is 1. The molecule has 0 aromatic carbocycles. The Bertz CT molecular complexity index is 402. The number of alkyl halides is 3. The number of hydrogen-bond acceptors (Lipinski definition) is 3. The summed E-state index contributed by atoms with van der Waals surface area (Å²) in [6.45, 7) is 0.442. The summed E-state index contributed by atoms with van der Waals surface area (Å²) in [5.41, 5.74) is -0.748. The van der Waals surface area contributed by atoms with Crippen molar-refractivity contribution in [1.29, 1.82) is 0 Å². The molecule has 0 amide bonds. The fraction of sp³-hybridized carbons (Fsp3) is 0.545. The summed E-state index contributed by atoms with van der Waals surface area (Å²) in [5.74, 6) is 0.658. The fourth-order valence-corrected chi connectivity index (χ4v) is 1.36. The maximum Gasteiger partial charge on any atom is 0.416 e. The first kappa shape index (κ1) is 12.0. The molecule has 17 heavy (non-hydrogen) atoms. The van der Waals surface area contributed by atoms with Gasteiger partial charge in [-0.2, -0.15) is 18.2 Å². The van der Waals surface area contributed by atoms with E-state index in [4.69, 9.17) is 4.74 Å². The van der Waals surface area contributed by atoms with E-state index in [2.05, 4.69) is 10.3 Å². The summed E-state index contributed by atoms with van der Waals surface area (Å²) in [6.07, 6.45) is -2.22. The normalized spacial score (nSPS) is 15.8. The molecule has 0 radical (unpaired) electrons. The zero-order valence-electron chi connectivity index (χ0n) is 9.34. The lowest BCUT2D eigenvalue weighted by Gasteiger charge is -2.11. The maximum absolute atomic E-state index is 12.6. The van der Waals surface area contributed by atoms with Crippen LogP contribution in [0.2, 0.25) is 0 Å². The van der Waals surface area contributed by atoms with Crippen molar-refractivity contribution >= 4 is 5.82 Å². The third-order valence-corrected chi connectivity index (χ3v) is 2.55. The highest BCUT2D eigenvalue weighted by Crippen LogP contribution is 2.33. The van der Waals surface area contributed by atoms with Crippen molar-refractivity contribution in [3.63, 3.8) is 0 Å². The molecule has 1 aliphatic rings. The first-order valence-electron chi connectivity index (χ1n) is 5.39. The largest absolute Gasteiger partial charge is 0.477 e. The summed E-state index contributed by atoms with van der Waals surface area (Å²) in [6, 6.07) is 1.90. The van der Waals surface area contributed by atoms with Gasteiger partial charge < -0.3 is 10.1 Å². The molecule has 1 aromatic heterocycles. The average Bonchev–Trinajstić information content (AvgIpc) is 3.08. The lowest BCUT2D eigenvalue weighted by atomic mass is 10.2. The van der Waals surface area contributed by atoms with Gasteiger partial charge in [0.2, 0.25) is 5.88 Å². The summed E-state index contributed by atoms with van der Waals surface area (Å²) >= 11 is 0. The highest BCUT2D eigenvalue weighted by Gasteiger charge is 2.32. The Hall–Kier alpha value is -1.46. The van der Waals surface area contributed by atoms with Crippen LogP contribution in [0.15, 0.2) is 12.1 Å². The molecule has 0 unspecified atom stereocenters. The van der Waals surface area contributed by atoms with Crippen LogP contribution >= 0.6 is 0 Å². The highest BCUT2D eigenvalue weighted by molar-refractivity contribution is 5.42. The fourth-order valence-electron chi connectivity index (χ4n) is 1.36. The second-order valence-electron chi connectivity index (χ2n) is 4.08. The van der Waals surface area contributed by atoms with E-state index in [0.29, 0.717) is 12.5 Å². The number of halogens is 3. The Balaban J connectivity index is 2.18. The molecule has 0 saturated heterocycles. The minimum absolute atomic E-state index is 0.0241. The van der Waals surface area contributed by atoms with Gasteiger partial charge in [0, 0.05) is 13.1 Å². The first-order chi connectivity index (χ1) is 7.99. The molecule has 1 heterocycles. The standard InChI is InChI=1S/C11H13F3N2O/c1-15-9-4-8(11(12,13)14)5-10(16-9)17-6-7-2-3-7/h4-5,7H,2-3,6H2,1H3,(H,15,16). The van der Waals surface area contributed by atoms with E-state index in [1.807, 2.05) is 0 Å². The van der Waals surface area contributed by atoms with E-state index in [9.17, 15) is 13.2 Å². The van der Waals surface area contributed by atoms with Crippen LogP contribution in [0.1, 0.15) is 18.4 Å². The Morgan fingerprint density at radius 3 is 2.65 bits per heavy atom. The quantitative estimate of drug-likeness (QED) is 0.886. The first-order valence-corrected chi connectivity index (χ1v) is 5.39. The summed E-state index contributed by atoms with van der Waals surface area (Å²) in [4.78, 5) is 3.93. The third-order valence-electron chi connectivity index (χ3n) is 2.55. The molecule has 1 fully saturated rings. The van der Waals surface area contributed by atoms with Gasteiger partial charge in [-0.3, -0.25) is 0 Å². The number of nitrogens with one attached hydrogen (secondary N) is 1. The van der Waals surface area contributed by atoms with E-state index < -0.39 is 11.7 Å². The smallest absolute Gasteiger partial charge is 0.416 e. The van der Waals surface area contributed by atoms with Gasteiger partial charge in [0.1, 0.15) is 5.82 Å². The molecule has 0 bridgehead atoms. The summed E-state index contributed by atoms with van der Waals surface area (Å²) in [7, 11) is 1.52. The van der Waals surface area contributed by atoms with Crippen LogP contribution in [-0.4, -0.2) is 18.6 Å². The van der Waals surface area contributed by atoms with E-state index in [1.54, 1.807) is 0 Å². The Morgan fingerprint density at radius 1 is 1.41 bits per heavy atom. The number of pyridine rings is 1. The maximum atomic E-state index is 12.6. The van der Waals surface area contributed by atoms with Crippen molar-refractivity contribution in [2.45, 2.75) is 19.0 Å². The van der Waals surface area contributed by atoms with Gasteiger partial charge in [0.25, 0.3) is 0 Å². The van der Waals surface area contributed by atoms with Crippen LogP contribution in [0.5, 0.6) is 5.88 Å². The minimum atomic E-state index is -4.38. The summed E-state index contributed by atoms with van der Waals surface area (Å²) < 4.78 is 43.0. The Morgan fingerprint density at radius 2 is 2.12 bits per heavy atom. The Kier molecular flexibility index (Phi) is 3.13. The molecular weight excluding hydrogens is 233 g/mol. The lowest BCUT2D eigenvalue weighted by Crippen LogP contribution is -2.09. The van der Waals surface area contributed by atoms with Crippen molar-refractivity contribution in [2.75, 3.05) is 19.0 Å². The van der Waals surface area contributed by atoms with Crippen molar-refractivity contribution < 1.29 is 17.9 Å². The van der Waals surface area contributed by atoms with Gasteiger partial charge in [0.15, 0.2) is 0 Å². The molecular formula is C11H13F3N2O. The van der Waals surface area contributed by atoms with Crippen LogP contribution in [0.3, 0.4) is 0 Å². The summed E-state index contributed by atoms with van der Waals surface area (Å²) in [5, 5.41) is 2.59. The van der Waals surface area contributed by atoms with Gasteiger partial charge in [-0.05, 0) is 24.8 Å². The predicted octanol–water partition coefficient (Wildman–Crippen LogP) is 2.93. The number of nitrogens with zero attached hydrogens (tertiary/aromatic N) is 1. The van der Waals surface area contributed by atoms with Gasteiger partial charge in [-0.25, -0.2) is 0 Å². The molecule has 2 rings (SSSR count). The van der Waals surface area contributed by atoms with Crippen molar-refractivity contribution in [3.8, 4) is 5.88 Å². The van der Waals surface area contributed by atoms with Crippen LogP contribution < -0.4 is 10.1 Å².